The van der Waals surface area contributed by atoms with Gasteiger partial charge in [0.15, 0.2) is 11.4 Å². The molecule has 4 aliphatic rings. The number of urea groups is 1. The lowest BCUT2D eigenvalue weighted by Gasteiger charge is -2.51. The average Bonchev–Trinajstić information content (AvgIpc) is 2.91. The minimum Gasteiger partial charge on any atom is -0.510 e. The Bertz CT molecular complexity index is 1610. The highest BCUT2D eigenvalue weighted by atomic mass is 19.1. The Balaban J connectivity index is 1.56. The number of hydrogen-bond acceptors (Lipinski definition) is 10. The van der Waals surface area contributed by atoms with Crippen LogP contribution in [0.2, 0.25) is 0 Å². The number of rotatable bonds is 5. The monoisotopic (exact) mass is 611 g/mol. The number of primary amides is 1. The molecular weight excluding hydrogens is 577 g/mol. The van der Waals surface area contributed by atoms with Crippen LogP contribution in [0.25, 0.3) is 0 Å². The molecule has 1 fully saturated rings. The van der Waals surface area contributed by atoms with Crippen molar-refractivity contribution in [3.05, 3.63) is 75.8 Å². The maximum Gasteiger partial charge on any atom is 0.323 e. The number of aliphatic hydroxyl groups is 4. The van der Waals surface area contributed by atoms with Gasteiger partial charge < -0.3 is 41.7 Å². The van der Waals surface area contributed by atoms with Crippen molar-refractivity contribution in [3.63, 3.8) is 0 Å². The van der Waals surface area contributed by atoms with Crippen molar-refractivity contribution in [1.29, 1.82) is 0 Å². The van der Waals surface area contributed by atoms with E-state index in [1.54, 1.807) is 33.1 Å². The number of ketones is 2. The Morgan fingerprint density at radius 2 is 1.80 bits per heavy atom. The molecule has 1 aromatic carbocycles. The molecule has 44 heavy (non-hydrogen) atoms. The molecule has 4 aliphatic carbocycles. The molecule has 6 atom stereocenters. The van der Waals surface area contributed by atoms with Crippen LogP contribution in [0.3, 0.4) is 0 Å². The fourth-order valence-corrected chi connectivity index (χ4v) is 7.00. The lowest BCUT2D eigenvalue weighted by atomic mass is 9.56. The Kier molecular flexibility index (Phi) is 7.64. The van der Waals surface area contributed by atoms with E-state index in [1.165, 1.54) is 29.2 Å². The normalized spacial score (nSPS) is 30.0. The van der Waals surface area contributed by atoms with Gasteiger partial charge in [-0.15, -0.1) is 0 Å². The van der Waals surface area contributed by atoms with Gasteiger partial charge in [-0.3, -0.25) is 19.3 Å². The summed E-state index contributed by atoms with van der Waals surface area (Å²) in [5.74, 6) is -8.75. The number of aliphatic hydroxyl groups excluding tert-OH is 3. The molecule has 0 aromatic heterocycles. The number of amides is 3. The Hall–Kier alpha value is -4.53. The largest absolute Gasteiger partial charge is 0.510 e. The average molecular weight is 612 g/mol. The van der Waals surface area contributed by atoms with Crippen molar-refractivity contribution in [2.45, 2.75) is 30.6 Å². The number of benzene rings is 1. The number of likely N-dealkylation sites (N-methyl/N-ethyl adjacent to an activating group) is 2. The molecule has 1 aromatic rings. The van der Waals surface area contributed by atoms with E-state index in [0.717, 1.165) is 6.07 Å². The quantitative estimate of drug-likeness (QED) is 0.231. The number of carbonyl (C=O) groups is 4. The van der Waals surface area contributed by atoms with E-state index >= 15 is 0 Å². The summed E-state index contributed by atoms with van der Waals surface area (Å²) in [4.78, 5) is 55.8. The Labute approximate surface area is 251 Å². The number of fused-ring (bicyclic) bond motifs is 3. The van der Waals surface area contributed by atoms with E-state index in [9.17, 15) is 44.0 Å². The van der Waals surface area contributed by atoms with Gasteiger partial charge in [0.05, 0.1) is 17.7 Å². The number of nitrogens with zero attached hydrogens (tertiary/aromatic N) is 2. The minimum atomic E-state index is -2.75. The number of allylic oxidation sites excluding steroid dienone is 2. The van der Waals surface area contributed by atoms with Crippen molar-refractivity contribution in [2.75, 3.05) is 33.5 Å². The van der Waals surface area contributed by atoms with Crippen molar-refractivity contribution in [3.8, 4) is 0 Å². The van der Waals surface area contributed by atoms with Gasteiger partial charge in [0.25, 0.3) is 5.91 Å². The van der Waals surface area contributed by atoms with Gasteiger partial charge in [0.1, 0.15) is 29.0 Å². The third-order valence-electron chi connectivity index (χ3n) is 8.86. The molecule has 0 aliphatic heterocycles. The molecule has 0 saturated heterocycles. The highest BCUT2D eigenvalue weighted by Crippen LogP contribution is 2.54. The maximum atomic E-state index is 14.1. The van der Waals surface area contributed by atoms with Crippen molar-refractivity contribution in [2.24, 2.45) is 23.5 Å². The van der Waals surface area contributed by atoms with E-state index in [0.29, 0.717) is 11.3 Å². The third kappa shape index (κ3) is 4.66. The van der Waals surface area contributed by atoms with Gasteiger partial charge in [-0.05, 0) is 62.7 Å². The molecule has 0 spiro atoms. The highest BCUT2D eigenvalue weighted by molar-refractivity contribution is 6.24. The van der Waals surface area contributed by atoms with Crippen LogP contribution in [0.1, 0.15) is 12.8 Å². The summed E-state index contributed by atoms with van der Waals surface area (Å²) in [6.07, 6.45) is 0.0101. The SMILES string of the molecule is CN(C)C1=C2C[C@H]3C[C@H]4[C@@H](N(C)C)C(O)=C(C(N)=O)C(=O)[C@@]4(O)C(O)=C3C(=O)C2C(O)C(NC(=O)Nc2cccc(F)c2)=C1. The summed E-state index contributed by atoms with van der Waals surface area (Å²) >= 11 is 0. The number of nitrogens with one attached hydrogen (secondary N) is 2. The van der Waals surface area contributed by atoms with E-state index < -0.39 is 81.9 Å². The minimum absolute atomic E-state index is 0.0375. The van der Waals surface area contributed by atoms with Crippen LogP contribution in [-0.2, 0) is 14.4 Å². The molecule has 3 amide bonds. The summed E-state index contributed by atoms with van der Waals surface area (Å²) in [5.41, 5.74) is 2.59. The van der Waals surface area contributed by atoms with Crippen molar-refractivity contribution >= 4 is 29.2 Å². The van der Waals surface area contributed by atoms with Gasteiger partial charge >= 0.3 is 6.03 Å². The molecule has 234 valence electrons. The fraction of sp³-hybridized carbons (Fsp3) is 0.400. The Morgan fingerprint density at radius 3 is 2.39 bits per heavy atom. The molecule has 0 radical (unpaired) electrons. The fourth-order valence-electron chi connectivity index (χ4n) is 7.00. The summed E-state index contributed by atoms with van der Waals surface area (Å²) in [6, 6.07) is 3.26. The molecule has 1 saturated carbocycles. The Morgan fingerprint density at radius 1 is 1.11 bits per heavy atom. The first-order chi connectivity index (χ1) is 20.6. The van der Waals surface area contributed by atoms with Gasteiger partial charge in [0, 0.05) is 37.0 Å². The summed E-state index contributed by atoms with van der Waals surface area (Å²) in [5, 5.41) is 50.6. The number of halogens is 1. The number of hydrogen-bond donors (Lipinski definition) is 7. The smallest absolute Gasteiger partial charge is 0.323 e. The van der Waals surface area contributed by atoms with Gasteiger partial charge in [-0.25, -0.2) is 9.18 Å². The van der Waals surface area contributed by atoms with Crippen molar-refractivity contribution in [1.82, 2.24) is 15.1 Å². The molecule has 0 heterocycles. The van der Waals surface area contributed by atoms with Gasteiger partial charge in [0.2, 0.25) is 5.78 Å². The topological polar surface area (TPSA) is 206 Å². The lowest BCUT2D eigenvalue weighted by molar-refractivity contribution is -0.149. The number of carbonyl (C=O) groups excluding carboxylic acids is 4. The van der Waals surface area contributed by atoms with E-state index in [4.69, 9.17) is 5.73 Å². The molecular formula is C30H34FN5O8. The predicted octanol–water partition coefficient (Wildman–Crippen LogP) is 0.600. The van der Waals surface area contributed by atoms with E-state index in [1.807, 2.05) is 0 Å². The molecule has 14 heteroatoms. The lowest BCUT2D eigenvalue weighted by Crippen LogP contribution is -2.64. The maximum absolute atomic E-state index is 14.1. The first-order valence-electron chi connectivity index (χ1n) is 13.9. The third-order valence-corrected chi connectivity index (χ3v) is 8.86. The van der Waals surface area contributed by atoms with Crippen LogP contribution in [0.5, 0.6) is 0 Å². The second-order valence-electron chi connectivity index (χ2n) is 11.9. The van der Waals surface area contributed by atoms with E-state index in [-0.39, 0.29) is 29.8 Å². The molecule has 13 nitrogen and oxygen atoms in total. The summed E-state index contributed by atoms with van der Waals surface area (Å²) < 4.78 is 13.6. The zero-order valence-electron chi connectivity index (χ0n) is 24.5. The molecule has 0 bridgehead atoms. The molecule has 2 unspecified atom stereocenters. The van der Waals surface area contributed by atoms with Gasteiger partial charge in [-0.2, -0.15) is 0 Å². The zero-order chi connectivity index (χ0) is 32.4. The second-order valence-corrected chi connectivity index (χ2v) is 11.9. The van der Waals surface area contributed by atoms with Crippen LogP contribution in [0.4, 0.5) is 14.9 Å². The van der Waals surface area contributed by atoms with Crippen LogP contribution < -0.4 is 16.4 Å². The van der Waals surface area contributed by atoms with Crippen molar-refractivity contribution < 1.29 is 44.0 Å². The van der Waals surface area contributed by atoms with E-state index in [2.05, 4.69) is 10.6 Å². The number of Topliss-reactive ketones (excluding diaryl/α,β-unsaturated/α-hetero) is 2. The van der Waals surface area contributed by atoms with Crippen LogP contribution in [0, 0.1) is 23.6 Å². The highest BCUT2D eigenvalue weighted by Gasteiger charge is 2.64. The molecule has 8 N–H and O–H groups in total. The standard InChI is InChI=1S/C30H34FN5O8/c1-35(2)18-11-17(34-29(43)33-14-7-5-6-13(31)10-14)23(37)20-15(18)8-12-9-16-22(36(3)4)25(39)21(28(32)42)27(41)30(16,44)26(40)19(12)24(20)38/h5-7,10-12,16,20,22-23,37,39-40,44H,8-9H2,1-4H3,(H2,32,42)(H2,33,34,43)/t12-,16-,20?,22+,23?,30-/m0/s1. The van der Waals surface area contributed by atoms with Crippen LogP contribution >= 0.6 is 0 Å². The zero-order valence-corrected chi connectivity index (χ0v) is 24.5. The number of nitrogens with two attached hydrogens (primary N) is 1. The summed E-state index contributed by atoms with van der Waals surface area (Å²) in [6.45, 7) is 0. The summed E-state index contributed by atoms with van der Waals surface area (Å²) in [7, 11) is 6.53. The van der Waals surface area contributed by atoms with Crippen LogP contribution in [-0.4, -0.2) is 99.7 Å². The first kappa shape index (κ1) is 30.9. The first-order valence-corrected chi connectivity index (χ1v) is 13.9. The van der Waals surface area contributed by atoms with Gasteiger partial charge in [-0.1, -0.05) is 6.07 Å². The predicted molar refractivity (Wildman–Crippen MR) is 154 cm³/mol. The second kappa shape index (κ2) is 10.9. The number of anilines is 1. The van der Waals surface area contributed by atoms with Crippen LogP contribution in [0.15, 0.2) is 70.0 Å². The molecule has 5 rings (SSSR count).